The number of aliphatic hydroxyl groups is 1. The zero-order valence-corrected chi connectivity index (χ0v) is 12.4. The molecular formula is C13H15F2N2O4P. The molecule has 1 aliphatic heterocycles. The fourth-order valence-corrected chi connectivity index (χ4v) is 2.91. The van der Waals surface area contributed by atoms with E-state index in [9.17, 15) is 13.9 Å². The predicted octanol–water partition coefficient (Wildman–Crippen LogP) is 1.65. The zero-order chi connectivity index (χ0) is 15.9. The number of H-pyrrole nitrogens is 1. The third-order valence-electron chi connectivity index (χ3n) is 3.61. The minimum absolute atomic E-state index is 0.0506. The van der Waals surface area contributed by atoms with E-state index >= 15 is 0 Å². The number of β-amino-alcohol motifs (C(OH)–C–C–N with tert-alkyl or cyclic N) is 1. The molecule has 120 valence electrons. The lowest BCUT2D eigenvalue weighted by molar-refractivity contribution is 0.198. The number of halogens is 2. The molecule has 0 amide bonds. The van der Waals surface area contributed by atoms with Gasteiger partial charge in [0.05, 0.1) is 17.0 Å². The quantitative estimate of drug-likeness (QED) is 0.640. The van der Waals surface area contributed by atoms with Gasteiger partial charge in [0.25, 0.3) is 0 Å². The maximum absolute atomic E-state index is 14.7. The first kappa shape index (κ1) is 15.4. The third-order valence-corrected chi connectivity index (χ3v) is 3.97. The Morgan fingerprint density at radius 3 is 2.82 bits per heavy atom. The van der Waals surface area contributed by atoms with Crippen molar-refractivity contribution in [1.82, 2.24) is 4.98 Å². The SMILES string of the molecule is OC1CCN(c2c(F)cc3[nH]cc(OCP(O)O)c3c2F)C1. The molecule has 2 aromatic rings. The Bertz CT molecular complexity index is 694. The van der Waals surface area contributed by atoms with Crippen LogP contribution in [0, 0.1) is 11.6 Å². The molecule has 1 saturated heterocycles. The van der Waals surface area contributed by atoms with Crippen LogP contribution in [0.15, 0.2) is 12.3 Å². The number of hydrogen-bond donors (Lipinski definition) is 4. The van der Waals surface area contributed by atoms with E-state index in [0.29, 0.717) is 13.0 Å². The fraction of sp³-hybridized carbons (Fsp3) is 0.385. The van der Waals surface area contributed by atoms with Crippen molar-refractivity contribution < 1.29 is 28.4 Å². The van der Waals surface area contributed by atoms with E-state index in [-0.39, 0.29) is 35.2 Å². The van der Waals surface area contributed by atoms with Gasteiger partial charge in [-0.1, -0.05) is 0 Å². The number of benzene rings is 1. The minimum Gasteiger partial charge on any atom is -0.482 e. The molecule has 9 heteroatoms. The van der Waals surface area contributed by atoms with Crippen LogP contribution in [0.5, 0.6) is 5.75 Å². The zero-order valence-electron chi connectivity index (χ0n) is 11.5. The highest BCUT2D eigenvalue weighted by Crippen LogP contribution is 2.38. The summed E-state index contributed by atoms with van der Waals surface area (Å²) in [6, 6.07) is 1.16. The molecule has 1 unspecified atom stereocenters. The van der Waals surface area contributed by atoms with Crippen LogP contribution in [0.3, 0.4) is 0 Å². The lowest BCUT2D eigenvalue weighted by Gasteiger charge is -2.20. The Hall–Kier alpha value is -1.47. The summed E-state index contributed by atoms with van der Waals surface area (Å²) in [4.78, 5) is 21.9. The fourth-order valence-electron chi connectivity index (χ4n) is 2.65. The largest absolute Gasteiger partial charge is 0.482 e. The molecule has 0 saturated carbocycles. The monoisotopic (exact) mass is 332 g/mol. The van der Waals surface area contributed by atoms with Crippen LogP contribution < -0.4 is 9.64 Å². The number of aliphatic hydroxyl groups excluding tert-OH is 1. The van der Waals surface area contributed by atoms with Crippen molar-refractivity contribution in [3.8, 4) is 5.75 Å². The number of nitrogens with one attached hydrogen (secondary N) is 1. The minimum atomic E-state index is -2.27. The normalized spacial score (nSPS) is 18.6. The predicted molar refractivity (Wildman–Crippen MR) is 77.9 cm³/mol. The first-order valence-corrected chi connectivity index (χ1v) is 8.10. The van der Waals surface area contributed by atoms with Crippen LogP contribution in [-0.4, -0.2) is 45.4 Å². The van der Waals surface area contributed by atoms with Crippen molar-refractivity contribution in [2.24, 2.45) is 0 Å². The molecule has 1 atom stereocenters. The summed E-state index contributed by atoms with van der Waals surface area (Å²) in [5.41, 5.74) is 0.0115. The Morgan fingerprint density at radius 1 is 1.41 bits per heavy atom. The van der Waals surface area contributed by atoms with Crippen molar-refractivity contribution in [3.05, 3.63) is 23.9 Å². The van der Waals surface area contributed by atoms with Crippen molar-refractivity contribution in [3.63, 3.8) is 0 Å². The maximum atomic E-state index is 14.7. The summed E-state index contributed by atoms with van der Waals surface area (Å²) in [6.45, 7) is 0.526. The second-order valence-corrected chi connectivity index (χ2v) is 6.13. The summed E-state index contributed by atoms with van der Waals surface area (Å²) in [7, 11) is -2.27. The van der Waals surface area contributed by atoms with E-state index in [1.807, 2.05) is 0 Å². The van der Waals surface area contributed by atoms with Crippen molar-refractivity contribution in [1.29, 1.82) is 0 Å². The van der Waals surface area contributed by atoms with E-state index < -0.39 is 26.1 Å². The van der Waals surface area contributed by atoms with Gasteiger partial charge in [-0.2, -0.15) is 0 Å². The molecule has 0 radical (unpaired) electrons. The number of aromatic nitrogens is 1. The van der Waals surface area contributed by atoms with Gasteiger partial charge in [-0.15, -0.1) is 0 Å². The van der Waals surface area contributed by atoms with E-state index in [0.717, 1.165) is 6.07 Å². The van der Waals surface area contributed by atoms with Gasteiger partial charge in [-0.3, -0.25) is 0 Å². The summed E-state index contributed by atoms with van der Waals surface area (Å²) >= 11 is 0. The van der Waals surface area contributed by atoms with Crippen LogP contribution in [0.4, 0.5) is 14.5 Å². The number of ether oxygens (including phenoxy) is 1. The first-order chi connectivity index (χ1) is 10.5. The van der Waals surface area contributed by atoms with Gasteiger partial charge in [-0.25, -0.2) is 8.78 Å². The number of fused-ring (bicyclic) bond motifs is 1. The highest BCUT2D eigenvalue weighted by Gasteiger charge is 2.28. The molecule has 1 aromatic heterocycles. The third kappa shape index (κ3) is 2.75. The second-order valence-electron chi connectivity index (χ2n) is 5.13. The van der Waals surface area contributed by atoms with Crippen molar-refractivity contribution in [2.45, 2.75) is 12.5 Å². The lowest BCUT2D eigenvalue weighted by atomic mass is 10.2. The Kier molecular flexibility index (Phi) is 4.18. The smallest absolute Gasteiger partial charge is 0.205 e. The Morgan fingerprint density at radius 2 is 2.18 bits per heavy atom. The van der Waals surface area contributed by atoms with Gasteiger partial charge in [0.2, 0.25) is 8.38 Å². The molecule has 0 spiro atoms. The molecule has 1 fully saturated rings. The average molecular weight is 332 g/mol. The van der Waals surface area contributed by atoms with Gasteiger partial charge >= 0.3 is 0 Å². The molecule has 0 aliphatic carbocycles. The van der Waals surface area contributed by atoms with Crippen LogP contribution in [-0.2, 0) is 0 Å². The first-order valence-electron chi connectivity index (χ1n) is 6.67. The van der Waals surface area contributed by atoms with Crippen molar-refractivity contribution >= 4 is 25.0 Å². The summed E-state index contributed by atoms with van der Waals surface area (Å²) in [5, 5.41) is 9.60. The summed E-state index contributed by atoms with van der Waals surface area (Å²) < 4.78 is 34.1. The molecular weight excluding hydrogens is 317 g/mol. The van der Waals surface area contributed by atoms with Crippen LogP contribution >= 0.6 is 8.38 Å². The van der Waals surface area contributed by atoms with Gasteiger partial charge in [0, 0.05) is 25.4 Å². The topological polar surface area (TPSA) is 89.0 Å². The molecule has 1 aliphatic rings. The molecule has 3 rings (SSSR count). The number of aromatic amines is 1. The lowest BCUT2D eigenvalue weighted by Crippen LogP contribution is -2.23. The Labute approximate surface area is 125 Å². The molecule has 22 heavy (non-hydrogen) atoms. The standard InChI is InChI=1S/C13H15F2N2O4P/c14-8-3-9-11(10(4-16-9)21-6-22(19)20)12(15)13(8)17-2-1-7(18)5-17/h3-4,7,16,18-20H,1-2,5-6H2. The molecule has 0 bridgehead atoms. The summed E-state index contributed by atoms with van der Waals surface area (Å²) in [5.74, 6) is -1.43. The van der Waals surface area contributed by atoms with E-state index in [1.54, 1.807) is 0 Å². The highest BCUT2D eigenvalue weighted by atomic mass is 31.2. The molecule has 4 N–H and O–H groups in total. The molecule has 6 nitrogen and oxygen atoms in total. The van der Waals surface area contributed by atoms with Crippen LogP contribution in [0.1, 0.15) is 6.42 Å². The summed E-state index contributed by atoms with van der Waals surface area (Å²) in [6.07, 6.45) is 0.821. The number of anilines is 1. The van der Waals surface area contributed by atoms with Crippen molar-refractivity contribution in [2.75, 3.05) is 24.3 Å². The van der Waals surface area contributed by atoms with E-state index in [2.05, 4.69) is 4.98 Å². The maximum Gasteiger partial charge on any atom is 0.205 e. The van der Waals surface area contributed by atoms with Crippen LogP contribution in [0.25, 0.3) is 10.9 Å². The Balaban J connectivity index is 2.03. The van der Waals surface area contributed by atoms with Gasteiger partial charge in [0.15, 0.2) is 18.0 Å². The number of rotatable bonds is 4. The molecule has 2 heterocycles. The van der Waals surface area contributed by atoms with Gasteiger partial charge < -0.3 is 29.5 Å². The number of nitrogens with zero attached hydrogens (tertiary/aromatic N) is 1. The number of hydrogen-bond acceptors (Lipinski definition) is 5. The van der Waals surface area contributed by atoms with E-state index in [4.69, 9.17) is 14.5 Å². The second kappa shape index (κ2) is 5.96. The molecule has 1 aromatic carbocycles. The van der Waals surface area contributed by atoms with E-state index in [1.165, 1.54) is 11.1 Å². The highest BCUT2D eigenvalue weighted by molar-refractivity contribution is 7.44. The van der Waals surface area contributed by atoms with Crippen LogP contribution in [0.2, 0.25) is 0 Å². The van der Waals surface area contributed by atoms with Gasteiger partial charge in [0.1, 0.15) is 11.4 Å². The van der Waals surface area contributed by atoms with Gasteiger partial charge in [-0.05, 0) is 6.42 Å². The average Bonchev–Trinajstić information content (AvgIpc) is 3.03.